The summed E-state index contributed by atoms with van der Waals surface area (Å²) < 4.78 is 1.99. The Bertz CT molecular complexity index is 943. The third-order valence-electron chi connectivity index (χ3n) is 4.20. The molecular weight excluding hydrogens is 344 g/mol. The second-order valence-electron chi connectivity index (χ2n) is 5.85. The molecule has 0 unspecified atom stereocenters. The second-order valence-corrected chi connectivity index (χ2v) is 6.64. The second kappa shape index (κ2) is 8.02. The topological polar surface area (TPSA) is 79.4 Å². The van der Waals surface area contributed by atoms with Gasteiger partial charge < -0.3 is 5.32 Å². The van der Waals surface area contributed by atoms with E-state index in [1.165, 1.54) is 23.7 Å². The summed E-state index contributed by atoms with van der Waals surface area (Å²) in [6, 6.07) is 12.5. The van der Waals surface area contributed by atoms with Crippen molar-refractivity contribution in [1.29, 1.82) is 5.26 Å². The van der Waals surface area contributed by atoms with Gasteiger partial charge in [0, 0.05) is 6.54 Å². The van der Waals surface area contributed by atoms with Gasteiger partial charge in [-0.15, -0.1) is 11.8 Å². The van der Waals surface area contributed by atoms with E-state index in [-0.39, 0.29) is 0 Å². The maximum Gasteiger partial charge on any atom is 0.153 e. The number of aryl methyl sites for hydroxylation is 3. The van der Waals surface area contributed by atoms with E-state index in [1.54, 1.807) is 0 Å². The molecule has 0 saturated carbocycles. The van der Waals surface area contributed by atoms with Crippen molar-refractivity contribution in [2.45, 2.75) is 31.8 Å². The number of hydrogen-bond donors (Lipinski definition) is 1. The summed E-state index contributed by atoms with van der Waals surface area (Å²) in [5.41, 5.74) is 4.52. The summed E-state index contributed by atoms with van der Waals surface area (Å²) in [7, 11) is 0. The van der Waals surface area contributed by atoms with E-state index >= 15 is 0 Å². The minimum absolute atomic E-state index is 0.454. The number of nitriles is 1. The Balaban J connectivity index is 1.84. The minimum atomic E-state index is 0.454. The van der Waals surface area contributed by atoms with E-state index in [1.807, 2.05) is 43.0 Å². The molecule has 2 aromatic heterocycles. The Morgan fingerprint density at radius 1 is 1.19 bits per heavy atom. The van der Waals surface area contributed by atoms with Crippen molar-refractivity contribution in [2.24, 2.45) is 0 Å². The van der Waals surface area contributed by atoms with E-state index in [2.05, 4.69) is 38.6 Å². The maximum absolute atomic E-state index is 9.46. The summed E-state index contributed by atoms with van der Waals surface area (Å²) in [5, 5.41) is 18.0. The highest BCUT2D eigenvalue weighted by atomic mass is 32.2. The number of anilines is 2. The van der Waals surface area contributed by atoms with Crippen LogP contribution in [0.2, 0.25) is 0 Å². The molecule has 0 fully saturated rings. The molecule has 0 saturated heterocycles. The molecule has 26 heavy (non-hydrogen) atoms. The first-order valence-corrected chi connectivity index (χ1v) is 9.50. The SMILES string of the molecule is CSc1ncnc(Nc2c(C)nn(CCc3ccccc3)c2C)c1C#N. The fourth-order valence-electron chi connectivity index (χ4n) is 2.81. The van der Waals surface area contributed by atoms with Gasteiger partial charge in [0.05, 0.1) is 17.1 Å². The summed E-state index contributed by atoms with van der Waals surface area (Å²) >= 11 is 1.43. The maximum atomic E-state index is 9.46. The fraction of sp³-hybridized carbons (Fsp3) is 0.263. The van der Waals surface area contributed by atoms with Crippen LogP contribution in [0.3, 0.4) is 0 Å². The summed E-state index contributed by atoms with van der Waals surface area (Å²) in [6.45, 7) is 4.77. The Kier molecular flexibility index (Phi) is 5.54. The summed E-state index contributed by atoms with van der Waals surface area (Å²) in [6.07, 6.45) is 4.28. The molecule has 7 heteroatoms. The van der Waals surface area contributed by atoms with Crippen LogP contribution in [0.5, 0.6) is 0 Å². The van der Waals surface area contributed by atoms with E-state index in [0.717, 1.165) is 30.0 Å². The number of nitrogens with zero attached hydrogens (tertiary/aromatic N) is 5. The Morgan fingerprint density at radius 3 is 2.65 bits per heavy atom. The quantitative estimate of drug-likeness (QED) is 0.528. The lowest BCUT2D eigenvalue weighted by Crippen LogP contribution is -2.06. The van der Waals surface area contributed by atoms with Crippen LogP contribution in [0.25, 0.3) is 0 Å². The Hall–Kier alpha value is -2.85. The normalized spacial score (nSPS) is 10.5. The highest BCUT2D eigenvalue weighted by Crippen LogP contribution is 2.28. The monoisotopic (exact) mass is 364 g/mol. The van der Waals surface area contributed by atoms with Crippen LogP contribution in [-0.2, 0) is 13.0 Å². The van der Waals surface area contributed by atoms with Crippen LogP contribution in [0.1, 0.15) is 22.5 Å². The molecule has 0 spiro atoms. The summed E-state index contributed by atoms with van der Waals surface area (Å²) in [4.78, 5) is 8.40. The molecule has 1 aromatic carbocycles. The fourth-order valence-corrected chi connectivity index (χ4v) is 3.31. The molecule has 3 rings (SSSR count). The molecule has 0 amide bonds. The molecule has 6 nitrogen and oxygen atoms in total. The van der Waals surface area contributed by atoms with E-state index in [9.17, 15) is 5.26 Å². The molecular formula is C19H20N6S. The lowest BCUT2D eigenvalue weighted by molar-refractivity contribution is 0.594. The van der Waals surface area contributed by atoms with Crippen LogP contribution in [-0.4, -0.2) is 26.0 Å². The third-order valence-corrected chi connectivity index (χ3v) is 4.89. The number of nitrogens with one attached hydrogen (secondary N) is 1. The van der Waals surface area contributed by atoms with E-state index in [0.29, 0.717) is 16.4 Å². The zero-order chi connectivity index (χ0) is 18.5. The molecule has 3 aromatic rings. The number of benzene rings is 1. The van der Waals surface area contributed by atoms with Crippen molar-refractivity contribution in [1.82, 2.24) is 19.7 Å². The Morgan fingerprint density at radius 2 is 1.96 bits per heavy atom. The van der Waals surface area contributed by atoms with Crippen molar-refractivity contribution in [3.63, 3.8) is 0 Å². The lowest BCUT2D eigenvalue weighted by atomic mass is 10.1. The van der Waals surface area contributed by atoms with Crippen molar-refractivity contribution in [3.05, 3.63) is 59.2 Å². The first-order chi connectivity index (χ1) is 12.6. The Labute approximate surface area is 157 Å². The first kappa shape index (κ1) is 18.0. The van der Waals surface area contributed by atoms with Gasteiger partial charge in [0.1, 0.15) is 23.0 Å². The molecule has 0 aliphatic carbocycles. The molecule has 0 aliphatic rings. The number of rotatable bonds is 6. The summed E-state index contributed by atoms with van der Waals surface area (Å²) in [5.74, 6) is 0.514. The van der Waals surface area contributed by atoms with Gasteiger partial charge >= 0.3 is 0 Å². The number of thioether (sulfide) groups is 1. The predicted molar refractivity (Wildman–Crippen MR) is 104 cm³/mol. The zero-order valence-electron chi connectivity index (χ0n) is 15.0. The number of hydrogen-bond acceptors (Lipinski definition) is 6. The van der Waals surface area contributed by atoms with Gasteiger partial charge in [-0.2, -0.15) is 10.4 Å². The molecule has 0 bridgehead atoms. The van der Waals surface area contributed by atoms with Crippen LogP contribution < -0.4 is 5.32 Å². The van der Waals surface area contributed by atoms with Crippen LogP contribution >= 0.6 is 11.8 Å². The average Bonchev–Trinajstić information content (AvgIpc) is 2.94. The van der Waals surface area contributed by atoms with E-state index in [4.69, 9.17) is 0 Å². The van der Waals surface area contributed by atoms with Gasteiger partial charge in [-0.05, 0) is 32.1 Å². The average molecular weight is 364 g/mol. The lowest BCUT2D eigenvalue weighted by Gasteiger charge is -2.10. The van der Waals surface area contributed by atoms with Crippen LogP contribution in [0.4, 0.5) is 11.5 Å². The highest BCUT2D eigenvalue weighted by molar-refractivity contribution is 7.98. The third kappa shape index (κ3) is 3.70. The van der Waals surface area contributed by atoms with Crippen molar-refractivity contribution < 1.29 is 0 Å². The molecule has 2 heterocycles. The molecule has 0 aliphatic heterocycles. The van der Waals surface area contributed by atoms with Gasteiger partial charge in [-0.3, -0.25) is 4.68 Å². The highest BCUT2D eigenvalue weighted by Gasteiger charge is 2.16. The van der Waals surface area contributed by atoms with Crippen molar-refractivity contribution >= 4 is 23.3 Å². The molecule has 0 radical (unpaired) electrons. The van der Waals surface area contributed by atoms with Crippen molar-refractivity contribution in [2.75, 3.05) is 11.6 Å². The number of aromatic nitrogens is 4. The first-order valence-electron chi connectivity index (χ1n) is 8.28. The predicted octanol–water partition coefficient (Wildman–Crippen LogP) is 3.87. The smallest absolute Gasteiger partial charge is 0.153 e. The minimum Gasteiger partial charge on any atom is -0.336 e. The van der Waals surface area contributed by atoms with Crippen LogP contribution in [0.15, 0.2) is 41.7 Å². The van der Waals surface area contributed by atoms with Gasteiger partial charge in [0.25, 0.3) is 0 Å². The van der Waals surface area contributed by atoms with E-state index < -0.39 is 0 Å². The molecule has 1 N–H and O–H groups in total. The molecule has 132 valence electrons. The van der Waals surface area contributed by atoms with Crippen LogP contribution in [0, 0.1) is 25.2 Å². The van der Waals surface area contributed by atoms with Crippen molar-refractivity contribution in [3.8, 4) is 6.07 Å². The van der Waals surface area contributed by atoms with Gasteiger partial charge in [-0.1, -0.05) is 30.3 Å². The standard InChI is InChI=1S/C19H20N6S/c1-13-17(23-18-16(11-20)19(26-3)22-12-21-18)14(2)25(24-13)10-9-15-7-5-4-6-8-15/h4-8,12H,9-10H2,1-3H3,(H,21,22,23). The van der Waals surface area contributed by atoms with Gasteiger partial charge in [0.2, 0.25) is 0 Å². The molecule has 0 atom stereocenters. The zero-order valence-corrected chi connectivity index (χ0v) is 15.8. The van der Waals surface area contributed by atoms with Gasteiger partial charge in [-0.25, -0.2) is 9.97 Å². The largest absolute Gasteiger partial charge is 0.336 e. The van der Waals surface area contributed by atoms with Gasteiger partial charge in [0.15, 0.2) is 5.82 Å².